The largest absolute Gasteiger partial charge is 0.497 e. The Labute approximate surface area is 167 Å². The molecule has 1 atom stereocenters. The van der Waals surface area contributed by atoms with Gasteiger partial charge in [-0.15, -0.1) is 0 Å². The van der Waals surface area contributed by atoms with Gasteiger partial charge in [0.25, 0.3) is 0 Å². The highest BCUT2D eigenvalue weighted by Crippen LogP contribution is 2.21. The Bertz CT molecular complexity index is 878. The Kier molecular flexibility index (Phi) is 7.45. The summed E-state index contributed by atoms with van der Waals surface area (Å²) < 4.78 is 30.8. The van der Waals surface area contributed by atoms with Crippen molar-refractivity contribution in [3.8, 4) is 5.75 Å². The minimum Gasteiger partial charge on any atom is -0.497 e. The van der Waals surface area contributed by atoms with E-state index in [-0.39, 0.29) is 5.91 Å². The van der Waals surface area contributed by atoms with Gasteiger partial charge in [-0.3, -0.25) is 9.10 Å². The van der Waals surface area contributed by atoms with Gasteiger partial charge in [0.2, 0.25) is 15.9 Å². The van der Waals surface area contributed by atoms with Gasteiger partial charge >= 0.3 is 0 Å². The number of carbonyl (C=O) groups excluding carboxylic acids is 1. The molecule has 152 valence electrons. The molecule has 0 aromatic heterocycles. The van der Waals surface area contributed by atoms with Gasteiger partial charge in [0.05, 0.1) is 19.1 Å². The van der Waals surface area contributed by atoms with Crippen LogP contribution < -0.4 is 14.4 Å². The molecule has 28 heavy (non-hydrogen) atoms. The number of hydrogen-bond donors (Lipinski definition) is 1. The molecule has 0 spiro atoms. The van der Waals surface area contributed by atoms with E-state index in [1.165, 1.54) is 0 Å². The molecule has 0 aliphatic rings. The predicted octanol–water partition coefficient (Wildman–Crippen LogP) is 2.91. The zero-order valence-corrected chi connectivity index (χ0v) is 17.6. The number of nitrogens with zero attached hydrogens (tertiary/aromatic N) is 1. The molecule has 0 radical (unpaired) electrons. The fourth-order valence-electron chi connectivity index (χ4n) is 2.94. The van der Waals surface area contributed by atoms with Gasteiger partial charge in [0, 0.05) is 6.54 Å². The smallest absolute Gasteiger partial charge is 0.243 e. The summed E-state index contributed by atoms with van der Waals surface area (Å²) >= 11 is 0. The van der Waals surface area contributed by atoms with E-state index in [4.69, 9.17) is 4.74 Å². The van der Waals surface area contributed by atoms with Crippen molar-refractivity contribution in [3.05, 3.63) is 59.7 Å². The minimum atomic E-state index is -3.59. The molecule has 0 saturated carbocycles. The van der Waals surface area contributed by atoms with Crippen molar-refractivity contribution in [3.63, 3.8) is 0 Å². The van der Waals surface area contributed by atoms with Gasteiger partial charge in [-0.2, -0.15) is 0 Å². The Morgan fingerprint density at radius 1 is 1.11 bits per heavy atom. The number of sulfonamides is 1. The molecule has 0 bridgehead atoms. The van der Waals surface area contributed by atoms with E-state index in [1.807, 2.05) is 43.3 Å². The van der Waals surface area contributed by atoms with E-state index >= 15 is 0 Å². The number of hydrogen-bond acceptors (Lipinski definition) is 4. The lowest BCUT2D eigenvalue weighted by molar-refractivity contribution is -0.121. The minimum absolute atomic E-state index is 0.319. The zero-order chi connectivity index (χ0) is 20.7. The second kappa shape index (κ2) is 9.59. The average molecular weight is 405 g/mol. The molecule has 0 unspecified atom stereocenters. The fourth-order valence-corrected chi connectivity index (χ4v) is 4.12. The SMILES string of the molecule is COc1ccc(CCCNC(=O)[C@H](C)N(c2ccc(C)cc2)S(C)(=O)=O)cc1. The molecular formula is C21H28N2O4S. The number of benzene rings is 2. The summed E-state index contributed by atoms with van der Waals surface area (Å²) in [5, 5.41) is 2.84. The van der Waals surface area contributed by atoms with Crippen LogP contribution in [0.3, 0.4) is 0 Å². The highest BCUT2D eigenvalue weighted by atomic mass is 32.2. The lowest BCUT2D eigenvalue weighted by Crippen LogP contribution is -2.48. The van der Waals surface area contributed by atoms with Crippen LogP contribution in [0.5, 0.6) is 5.75 Å². The highest BCUT2D eigenvalue weighted by molar-refractivity contribution is 7.92. The fraction of sp³-hybridized carbons (Fsp3) is 0.381. The number of aryl methyl sites for hydroxylation is 2. The normalized spacial score (nSPS) is 12.3. The maximum atomic E-state index is 12.5. The monoisotopic (exact) mass is 404 g/mol. The first kappa shape index (κ1) is 21.8. The summed E-state index contributed by atoms with van der Waals surface area (Å²) in [5.74, 6) is 0.489. The number of ether oxygens (including phenoxy) is 1. The highest BCUT2D eigenvalue weighted by Gasteiger charge is 2.28. The first-order valence-corrected chi connectivity index (χ1v) is 11.0. The summed E-state index contributed by atoms with van der Waals surface area (Å²) in [6.45, 7) is 3.99. The topological polar surface area (TPSA) is 75.7 Å². The second-order valence-corrected chi connectivity index (χ2v) is 8.67. The van der Waals surface area contributed by atoms with Crippen molar-refractivity contribution >= 4 is 21.6 Å². The quantitative estimate of drug-likeness (QED) is 0.652. The third-order valence-corrected chi connectivity index (χ3v) is 5.72. The average Bonchev–Trinajstić information content (AvgIpc) is 2.66. The number of rotatable bonds is 9. The molecule has 0 heterocycles. The molecule has 7 heteroatoms. The standard InChI is InChI=1S/C21H28N2O4S/c1-16-7-11-19(12-8-16)23(28(4,25)26)17(2)21(24)22-15-5-6-18-9-13-20(27-3)14-10-18/h7-14,17H,5-6,15H2,1-4H3,(H,22,24)/t17-/m0/s1. The Balaban J connectivity index is 1.94. The third kappa shape index (κ3) is 5.99. The Morgan fingerprint density at radius 2 is 1.71 bits per heavy atom. The van der Waals surface area contributed by atoms with E-state index in [0.29, 0.717) is 12.2 Å². The van der Waals surface area contributed by atoms with Crippen LogP contribution in [0.4, 0.5) is 5.69 Å². The third-order valence-electron chi connectivity index (χ3n) is 4.48. The number of methoxy groups -OCH3 is 1. The summed E-state index contributed by atoms with van der Waals surface area (Å²) in [7, 11) is -1.97. The Morgan fingerprint density at radius 3 is 2.25 bits per heavy atom. The van der Waals surface area contributed by atoms with E-state index in [1.54, 1.807) is 26.2 Å². The van der Waals surface area contributed by atoms with Crippen LogP contribution in [-0.4, -0.2) is 40.3 Å². The van der Waals surface area contributed by atoms with Crippen molar-refractivity contribution in [2.45, 2.75) is 32.7 Å². The first-order chi connectivity index (χ1) is 13.2. The van der Waals surface area contributed by atoms with Crippen LogP contribution in [0.15, 0.2) is 48.5 Å². The van der Waals surface area contributed by atoms with Crippen LogP contribution in [0.2, 0.25) is 0 Å². The van der Waals surface area contributed by atoms with Gasteiger partial charge in [-0.25, -0.2) is 8.42 Å². The molecule has 0 fully saturated rings. The van der Waals surface area contributed by atoms with E-state index in [2.05, 4.69) is 5.32 Å². The van der Waals surface area contributed by atoms with Crippen molar-refractivity contribution in [1.29, 1.82) is 0 Å². The molecule has 1 N–H and O–H groups in total. The van der Waals surface area contributed by atoms with Crippen LogP contribution in [0.25, 0.3) is 0 Å². The van der Waals surface area contributed by atoms with E-state index in [0.717, 1.165) is 40.3 Å². The molecule has 0 aliphatic carbocycles. The van der Waals surface area contributed by atoms with E-state index in [9.17, 15) is 13.2 Å². The van der Waals surface area contributed by atoms with Crippen LogP contribution in [0, 0.1) is 6.92 Å². The summed E-state index contributed by atoms with van der Waals surface area (Å²) in [5.41, 5.74) is 2.65. The molecular weight excluding hydrogens is 376 g/mol. The molecule has 1 amide bonds. The maximum Gasteiger partial charge on any atom is 0.243 e. The number of carbonyl (C=O) groups is 1. The summed E-state index contributed by atoms with van der Waals surface area (Å²) in [6.07, 6.45) is 2.68. The summed E-state index contributed by atoms with van der Waals surface area (Å²) in [4.78, 5) is 12.5. The number of amides is 1. The molecule has 0 aliphatic heterocycles. The van der Waals surface area contributed by atoms with Gasteiger partial charge in [0.15, 0.2) is 0 Å². The second-order valence-electron chi connectivity index (χ2n) is 6.81. The lowest BCUT2D eigenvalue weighted by atomic mass is 10.1. The van der Waals surface area contributed by atoms with Gasteiger partial charge < -0.3 is 10.1 Å². The van der Waals surface area contributed by atoms with E-state index < -0.39 is 16.1 Å². The van der Waals surface area contributed by atoms with Gasteiger partial charge in [-0.1, -0.05) is 29.8 Å². The first-order valence-electron chi connectivity index (χ1n) is 9.19. The molecule has 2 rings (SSSR count). The molecule has 6 nitrogen and oxygen atoms in total. The molecule has 2 aromatic carbocycles. The maximum absolute atomic E-state index is 12.5. The number of anilines is 1. The van der Waals surface area contributed by atoms with Crippen molar-refractivity contribution in [2.24, 2.45) is 0 Å². The van der Waals surface area contributed by atoms with Crippen LogP contribution in [0.1, 0.15) is 24.5 Å². The predicted molar refractivity (Wildman–Crippen MR) is 112 cm³/mol. The lowest BCUT2D eigenvalue weighted by Gasteiger charge is -2.28. The van der Waals surface area contributed by atoms with Crippen LogP contribution >= 0.6 is 0 Å². The number of nitrogens with one attached hydrogen (secondary N) is 1. The van der Waals surface area contributed by atoms with Crippen molar-refractivity contribution in [2.75, 3.05) is 24.2 Å². The van der Waals surface area contributed by atoms with Gasteiger partial charge in [0.1, 0.15) is 11.8 Å². The molecule has 0 saturated heterocycles. The van der Waals surface area contributed by atoms with Crippen LogP contribution in [-0.2, 0) is 21.2 Å². The summed E-state index contributed by atoms with van der Waals surface area (Å²) in [6, 6.07) is 14.0. The van der Waals surface area contributed by atoms with Crippen molar-refractivity contribution in [1.82, 2.24) is 5.32 Å². The van der Waals surface area contributed by atoms with Gasteiger partial charge in [-0.05, 0) is 56.5 Å². The molecule has 2 aromatic rings. The Hall–Kier alpha value is -2.54. The zero-order valence-electron chi connectivity index (χ0n) is 16.8. The van der Waals surface area contributed by atoms with Crippen molar-refractivity contribution < 1.29 is 17.9 Å².